The first-order valence-electron chi connectivity index (χ1n) is 31.1. The van der Waals surface area contributed by atoms with Crippen LogP contribution in [-0.2, 0) is 32.7 Å². The number of likely N-dealkylation sites (N-methyl/N-ethyl adjacent to an activating group) is 1. The molecule has 0 spiro atoms. The molecule has 0 aromatic heterocycles. The van der Waals surface area contributed by atoms with Gasteiger partial charge in [-0.3, -0.25) is 18.6 Å². The second-order valence-corrected chi connectivity index (χ2v) is 23.2. The van der Waals surface area contributed by atoms with Gasteiger partial charge in [-0.05, 0) is 83.5 Å². The number of ether oxygens (including phenoxy) is 2. The van der Waals surface area contributed by atoms with Crippen molar-refractivity contribution in [1.29, 1.82) is 0 Å². The third-order valence-electron chi connectivity index (χ3n) is 13.1. The smallest absolute Gasteiger partial charge is 0.462 e. The summed E-state index contributed by atoms with van der Waals surface area (Å²) in [6.45, 7) is 4.30. The molecular formula is C67H117NO8P+. The minimum absolute atomic E-state index is 0.0204. The number of phosphoric acid groups is 1. The normalized spacial score (nSPS) is 14.0. The largest absolute Gasteiger partial charge is 0.472 e. The number of unbranched alkanes of at least 4 members (excludes halogenated alkanes) is 24. The van der Waals surface area contributed by atoms with E-state index in [2.05, 4.69) is 123 Å². The van der Waals surface area contributed by atoms with Crippen molar-refractivity contribution in [1.82, 2.24) is 0 Å². The summed E-state index contributed by atoms with van der Waals surface area (Å²) in [5.74, 6) is -0.835. The highest BCUT2D eigenvalue weighted by molar-refractivity contribution is 7.47. The monoisotopic (exact) mass is 1090 g/mol. The van der Waals surface area contributed by atoms with Crippen molar-refractivity contribution < 1.29 is 42.1 Å². The Morgan fingerprint density at radius 2 is 0.740 bits per heavy atom. The van der Waals surface area contributed by atoms with Crippen LogP contribution < -0.4 is 0 Å². The van der Waals surface area contributed by atoms with Crippen LogP contribution >= 0.6 is 7.82 Å². The molecule has 0 rings (SSSR count). The van der Waals surface area contributed by atoms with E-state index in [1.54, 1.807) is 0 Å². The van der Waals surface area contributed by atoms with Crippen molar-refractivity contribution in [2.45, 2.75) is 258 Å². The zero-order valence-corrected chi connectivity index (χ0v) is 51.1. The molecule has 0 aliphatic carbocycles. The van der Waals surface area contributed by atoms with Crippen molar-refractivity contribution in [2.75, 3.05) is 47.5 Å². The van der Waals surface area contributed by atoms with E-state index in [0.717, 1.165) is 96.3 Å². The van der Waals surface area contributed by atoms with E-state index in [9.17, 15) is 19.0 Å². The predicted molar refractivity (Wildman–Crippen MR) is 330 cm³/mol. The van der Waals surface area contributed by atoms with Gasteiger partial charge < -0.3 is 18.9 Å². The summed E-state index contributed by atoms with van der Waals surface area (Å²) in [5, 5.41) is 0. The number of esters is 2. The Labute approximate surface area is 474 Å². The average Bonchev–Trinajstić information content (AvgIpc) is 3.39. The number of hydrogen-bond acceptors (Lipinski definition) is 7. The molecule has 0 saturated carbocycles. The highest BCUT2D eigenvalue weighted by atomic mass is 31.2. The molecule has 0 amide bonds. The molecule has 2 atom stereocenters. The quantitative estimate of drug-likeness (QED) is 0.0211. The lowest BCUT2D eigenvalue weighted by Crippen LogP contribution is -2.37. The van der Waals surface area contributed by atoms with Gasteiger partial charge in [0, 0.05) is 12.8 Å². The molecule has 0 aliphatic rings. The van der Waals surface area contributed by atoms with E-state index in [1.165, 1.54) is 122 Å². The molecule has 77 heavy (non-hydrogen) atoms. The Balaban J connectivity index is 4.24. The molecule has 0 heterocycles. The van der Waals surface area contributed by atoms with Crippen LogP contribution in [-0.4, -0.2) is 74.9 Å². The van der Waals surface area contributed by atoms with E-state index >= 15 is 0 Å². The number of quaternary nitrogens is 1. The number of rotatable bonds is 56. The molecule has 0 aromatic carbocycles. The molecule has 10 heteroatoms. The number of carbonyl (C=O) groups is 2. The van der Waals surface area contributed by atoms with E-state index in [0.29, 0.717) is 17.4 Å². The van der Waals surface area contributed by atoms with Crippen molar-refractivity contribution in [2.24, 2.45) is 0 Å². The summed E-state index contributed by atoms with van der Waals surface area (Å²) < 4.78 is 34.6. The molecule has 0 bridgehead atoms. The van der Waals surface area contributed by atoms with Crippen molar-refractivity contribution in [3.8, 4) is 0 Å². The first-order valence-corrected chi connectivity index (χ1v) is 32.6. The van der Waals surface area contributed by atoms with Gasteiger partial charge in [0.1, 0.15) is 19.8 Å². The van der Waals surface area contributed by atoms with Gasteiger partial charge in [0.2, 0.25) is 0 Å². The fraction of sp³-hybridized carbons (Fsp3) is 0.701. The van der Waals surface area contributed by atoms with Crippen molar-refractivity contribution in [3.05, 3.63) is 109 Å². The highest BCUT2D eigenvalue weighted by Gasteiger charge is 2.27. The summed E-state index contributed by atoms with van der Waals surface area (Å²) in [6.07, 6.45) is 80.2. The van der Waals surface area contributed by atoms with E-state index in [-0.39, 0.29) is 32.0 Å². The number of allylic oxidation sites excluding steroid dienone is 18. The molecule has 0 aromatic rings. The van der Waals surface area contributed by atoms with E-state index in [4.69, 9.17) is 18.5 Å². The second kappa shape index (κ2) is 57.4. The third-order valence-corrected chi connectivity index (χ3v) is 14.1. The molecule has 0 saturated heterocycles. The van der Waals surface area contributed by atoms with Crippen LogP contribution in [0.15, 0.2) is 109 Å². The van der Waals surface area contributed by atoms with E-state index in [1.807, 2.05) is 21.1 Å². The zero-order chi connectivity index (χ0) is 56.3. The third kappa shape index (κ3) is 61.7. The van der Waals surface area contributed by atoms with Gasteiger partial charge in [-0.2, -0.15) is 0 Å². The standard InChI is InChI=1S/C67H116NO8P/c1-6-8-10-12-14-16-18-20-22-24-26-28-30-31-32-33-34-35-36-37-38-40-42-44-46-48-50-52-54-56-58-60-67(70)76-65(64-75-77(71,72)74-62-61-68(3,4)5)63-73-66(69)59-57-55-53-51-49-47-45-43-41-39-29-27-25-23-21-19-17-15-13-11-9-7-2/h8,10,14,16,20,22,26,28,31-32,34-35,37-38,42,44,48,50,65H,6-7,9,11-13,15,17-19,21,23-25,27,29-30,33,36,39-41,43,45-47,49,51-64H2,1-5H3/p+1/b10-8-,16-14-,22-20-,28-26-,32-31-,35-34-,38-37-,44-42-,50-48-. The van der Waals surface area contributed by atoms with Gasteiger partial charge in [-0.15, -0.1) is 0 Å². The Morgan fingerprint density at radius 3 is 1.10 bits per heavy atom. The van der Waals surface area contributed by atoms with Crippen LogP contribution in [0.2, 0.25) is 0 Å². The van der Waals surface area contributed by atoms with Crippen molar-refractivity contribution in [3.63, 3.8) is 0 Å². The molecular weight excluding hydrogens is 978 g/mol. The molecule has 0 radical (unpaired) electrons. The summed E-state index contributed by atoms with van der Waals surface area (Å²) in [7, 11) is 1.45. The Hall–Kier alpha value is -3.33. The first-order chi connectivity index (χ1) is 37.5. The SMILES string of the molecule is CC/C=C\C/C=C\C/C=C\C/C=C\C/C=C\C/C=C\C/C=C\C/C=C\C/C=C\CCCCCC(=O)OC(COC(=O)CCCCCCCCCCCCCCCCCCCCCCCC)COP(=O)(O)OCC[N+](C)(C)C. The Morgan fingerprint density at radius 1 is 0.416 bits per heavy atom. The van der Waals surface area contributed by atoms with E-state index < -0.39 is 26.5 Å². The molecule has 9 nitrogen and oxygen atoms in total. The van der Waals surface area contributed by atoms with Crippen LogP contribution in [0.3, 0.4) is 0 Å². The van der Waals surface area contributed by atoms with Crippen molar-refractivity contribution >= 4 is 19.8 Å². The van der Waals surface area contributed by atoms with Gasteiger partial charge in [0.15, 0.2) is 6.10 Å². The fourth-order valence-corrected chi connectivity index (χ4v) is 9.04. The first kappa shape index (κ1) is 73.7. The summed E-state index contributed by atoms with van der Waals surface area (Å²) in [4.78, 5) is 35.7. The van der Waals surface area contributed by atoms with Crippen LogP contribution in [0, 0.1) is 0 Å². The molecule has 442 valence electrons. The van der Waals surface area contributed by atoms with Gasteiger partial charge in [0.25, 0.3) is 0 Å². The molecule has 0 aliphatic heterocycles. The minimum Gasteiger partial charge on any atom is -0.462 e. The number of phosphoric ester groups is 1. The molecule has 1 N–H and O–H groups in total. The van der Waals surface area contributed by atoms with Crippen LogP contribution in [0.4, 0.5) is 0 Å². The maximum absolute atomic E-state index is 12.8. The topological polar surface area (TPSA) is 108 Å². The number of carbonyl (C=O) groups excluding carboxylic acids is 2. The lowest BCUT2D eigenvalue weighted by Gasteiger charge is -2.24. The average molecular weight is 1100 g/mol. The van der Waals surface area contributed by atoms with Crippen LogP contribution in [0.25, 0.3) is 0 Å². The zero-order valence-electron chi connectivity index (χ0n) is 50.2. The molecule has 0 fully saturated rings. The Bertz CT molecular complexity index is 1670. The van der Waals surface area contributed by atoms with Crippen LogP contribution in [0.5, 0.6) is 0 Å². The van der Waals surface area contributed by atoms with Gasteiger partial charge in [0.05, 0.1) is 27.7 Å². The lowest BCUT2D eigenvalue weighted by molar-refractivity contribution is -0.870. The highest BCUT2D eigenvalue weighted by Crippen LogP contribution is 2.43. The Kier molecular flexibility index (Phi) is 54.9. The maximum atomic E-state index is 12.8. The summed E-state index contributed by atoms with van der Waals surface area (Å²) >= 11 is 0. The summed E-state index contributed by atoms with van der Waals surface area (Å²) in [5.41, 5.74) is 0. The lowest BCUT2D eigenvalue weighted by atomic mass is 10.0. The van der Waals surface area contributed by atoms with Gasteiger partial charge in [-0.1, -0.05) is 264 Å². The van der Waals surface area contributed by atoms with Gasteiger partial charge in [-0.25, -0.2) is 4.57 Å². The minimum atomic E-state index is -4.40. The van der Waals surface area contributed by atoms with Gasteiger partial charge >= 0.3 is 19.8 Å². The van der Waals surface area contributed by atoms with Crippen LogP contribution in [0.1, 0.15) is 251 Å². The predicted octanol–water partition coefficient (Wildman–Crippen LogP) is 19.8. The fourth-order valence-electron chi connectivity index (χ4n) is 8.30. The number of hydrogen-bond donors (Lipinski definition) is 1. The number of nitrogens with zero attached hydrogens (tertiary/aromatic N) is 1. The maximum Gasteiger partial charge on any atom is 0.472 e. The summed E-state index contributed by atoms with van der Waals surface area (Å²) in [6, 6.07) is 0. The second-order valence-electron chi connectivity index (χ2n) is 21.7. The molecule has 2 unspecified atom stereocenters.